The van der Waals surface area contributed by atoms with E-state index in [9.17, 15) is 14.4 Å². The van der Waals surface area contributed by atoms with Gasteiger partial charge in [0, 0.05) is 10.5 Å². The zero-order valence-electron chi connectivity index (χ0n) is 12.8. The summed E-state index contributed by atoms with van der Waals surface area (Å²) in [5.74, 6) is -1.36. The molecule has 1 aliphatic rings. The highest BCUT2D eigenvalue weighted by molar-refractivity contribution is 9.10. The standard InChI is InChI=1S/C15H17BrN2O5/c1-3-8(2)18(6-14(20)21)15(22)9-4-12-11(5-10(9)16)17-13(19)7-23-12/h4-5,8H,3,6-7H2,1-2H3,(H,17,19)(H,20,21). The van der Waals surface area contributed by atoms with Crippen molar-refractivity contribution in [3.63, 3.8) is 0 Å². The van der Waals surface area contributed by atoms with E-state index in [0.717, 1.165) is 0 Å². The van der Waals surface area contributed by atoms with E-state index in [2.05, 4.69) is 21.2 Å². The zero-order valence-corrected chi connectivity index (χ0v) is 14.3. The number of carbonyl (C=O) groups excluding carboxylic acids is 2. The van der Waals surface area contributed by atoms with Gasteiger partial charge in [-0.2, -0.15) is 0 Å². The molecule has 1 unspecified atom stereocenters. The van der Waals surface area contributed by atoms with E-state index in [1.165, 1.54) is 11.0 Å². The fourth-order valence-corrected chi connectivity index (χ4v) is 2.73. The van der Waals surface area contributed by atoms with Crippen molar-refractivity contribution in [1.29, 1.82) is 0 Å². The van der Waals surface area contributed by atoms with E-state index in [-0.39, 0.29) is 25.1 Å². The Morgan fingerprint density at radius 2 is 2.17 bits per heavy atom. The van der Waals surface area contributed by atoms with E-state index >= 15 is 0 Å². The van der Waals surface area contributed by atoms with Crippen molar-refractivity contribution >= 4 is 39.4 Å². The fourth-order valence-electron chi connectivity index (χ4n) is 2.21. The Bertz CT molecular complexity index is 662. The highest BCUT2D eigenvalue weighted by atomic mass is 79.9. The molecule has 0 aliphatic carbocycles. The summed E-state index contributed by atoms with van der Waals surface area (Å²) in [4.78, 5) is 36.4. The highest BCUT2D eigenvalue weighted by Crippen LogP contribution is 2.34. The minimum Gasteiger partial charge on any atom is -0.482 e. The number of aliphatic carboxylic acids is 1. The first-order valence-electron chi connectivity index (χ1n) is 7.12. The number of carbonyl (C=O) groups is 3. The SMILES string of the molecule is CCC(C)N(CC(=O)O)C(=O)c1cc2c(cc1Br)NC(=O)CO2. The lowest BCUT2D eigenvalue weighted by molar-refractivity contribution is -0.138. The number of benzene rings is 1. The number of carboxylic acid groups (broad SMARTS) is 1. The number of ether oxygens (including phenoxy) is 1. The minimum absolute atomic E-state index is 0.119. The van der Waals surface area contributed by atoms with Crippen LogP contribution >= 0.6 is 15.9 Å². The number of hydrogen-bond acceptors (Lipinski definition) is 4. The zero-order chi connectivity index (χ0) is 17.1. The first-order chi connectivity index (χ1) is 10.8. The van der Waals surface area contributed by atoms with Gasteiger partial charge in [-0.1, -0.05) is 6.92 Å². The van der Waals surface area contributed by atoms with Crippen LogP contribution < -0.4 is 10.1 Å². The second kappa shape index (κ2) is 6.99. The van der Waals surface area contributed by atoms with Gasteiger partial charge in [0.25, 0.3) is 11.8 Å². The topological polar surface area (TPSA) is 95.9 Å². The Kier molecular flexibility index (Phi) is 5.25. The second-order valence-corrected chi connectivity index (χ2v) is 6.10. The molecule has 1 aromatic rings. The number of anilines is 1. The number of carboxylic acids is 1. The van der Waals surface area contributed by atoms with Gasteiger partial charge in [-0.3, -0.25) is 14.4 Å². The lowest BCUT2D eigenvalue weighted by Crippen LogP contribution is -2.42. The summed E-state index contributed by atoms with van der Waals surface area (Å²) in [5, 5.41) is 11.7. The number of fused-ring (bicyclic) bond motifs is 1. The Balaban J connectivity index is 2.37. The van der Waals surface area contributed by atoms with Gasteiger partial charge in [-0.05, 0) is 41.4 Å². The fraction of sp³-hybridized carbons (Fsp3) is 0.400. The van der Waals surface area contributed by atoms with Crippen molar-refractivity contribution in [1.82, 2.24) is 4.90 Å². The van der Waals surface area contributed by atoms with Gasteiger partial charge in [0.1, 0.15) is 12.3 Å². The maximum atomic E-state index is 12.7. The van der Waals surface area contributed by atoms with E-state index in [1.54, 1.807) is 13.0 Å². The van der Waals surface area contributed by atoms with Crippen LogP contribution in [-0.2, 0) is 9.59 Å². The minimum atomic E-state index is -1.07. The first-order valence-corrected chi connectivity index (χ1v) is 7.91. The molecule has 0 saturated carbocycles. The third-order valence-corrected chi connectivity index (χ3v) is 4.28. The lowest BCUT2D eigenvalue weighted by Gasteiger charge is -2.28. The van der Waals surface area contributed by atoms with E-state index in [1.807, 2.05) is 6.92 Å². The molecule has 0 aromatic heterocycles. The van der Waals surface area contributed by atoms with Gasteiger partial charge in [-0.15, -0.1) is 0 Å². The lowest BCUT2D eigenvalue weighted by atomic mass is 10.1. The van der Waals surface area contributed by atoms with Crippen LogP contribution in [0.4, 0.5) is 5.69 Å². The summed E-state index contributed by atoms with van der Waals surface area (Å²) in [6.07, 6.45) is 0.633. The highest BCUT2D eigenvalue weighted by Gasteiger charge is 2.27. The number of amides is 2. The van der Waals surface area contributed by atoms with Crippen LogP contribution in [0.1, 0.15) is 30.6 Å². The predicted octanol–water partition coefficient (Wildman–Crippen LogP) is 2.11. The van der Waals surface area contributed by atoms with Crippen molar-refractivity contribution in [2.24, 2.45) is 0 Å². The molecule has 1 atom stereocenters. The first kappa shape index (κ1) is 17.3. The van der Waals surface area contributed by atoms with Crippen LogP contribution in [0.5, 0.6) is 5.75 Å². The molecular formula is C15H17BrN2O5. The molecule has 0 spiro atoms. The van der Waals surface area contributed by atoms with Crippen LogP contribution in [-0.4, -0.2) is 47.0 Å². The van der Waals surface area contributed by atoms with Crippen molar-refractivity contribution in [2.45, 2.75) is 26.3 Å². The Morgan fingerprint density at radius 3 is 2.78 bits per heavy atom. The van der Waals surface area contributed by atoms with E-state index in [0.29, 0.717) is 27.9 Å². The molecule has 1 aliphatic heterocycles. The normalized spacial score (nSPS) is 14.3. The number of nitrogens with zero attached hydrogens (tertiary/aromatic N) is 1. The quantitative estimate of drug-likeness (QED) is 0.810. The Labute approximate surface area is 141 Å². The van der Waals surface area contributed by atoms with Gasteiger partial charge in [-0.25, -0.2) is 0 Å². The van der Waals surface area contributed by atoms with Crippen LogP contribution in [0.3, 0.4) is 0 Å². The van der Waals surface area contributed by atoms with Gasteiger partial charge < -0.3 is 20.1 Å². The van der Waals surface area contributed by atoms with Crippen LogP contribution in [0.15, 0.2) is 16.6 Å². The number of hydrogen-bond donors (Lipinski definition) is 2. The molecule has 2 N–H and O–H groups in total. The van der Waals surface area contributed by atoms with E-state index in [4.69, 9.17) is 9.84 Å². The summed E-state index contributed by atoms with van der Waals surface area (Å²) >= 11 is 3.30. The summed E-state index contributed by atoms with van der Waals surface area (Å²) in [6, 6.07) is 2.87. The molecule has 1 aromatic carbocycles. The predicted molar refractivity (Wildman–Crippen MR) is 86.7 cm³/mol. The van der Waals surface area contributed by atoms with Gasteiger partial charge in [0.15, 0.2) is 6.61 Å². The van der Waals surface area contributed by atoms with Crippen molar-refractivity contribution in [2.75, 3.05) is 18.5 Å². The summed E-state index contributed by atoms with van der Waals surface area (Å²) < 4.78 is 5.77. The second-order valence-electron chi connectivity index (χ2n) is 5.25. The van der Waals surface area contributed by atoms with Crippen LogP contribution in [0, 0.1) is 0 Å². The monoisotopic (exact) mass is 384 g/mol. The van der Waals surface area contributed by atoms with Gasteiger partial charge in [0.05, 0.1) is 11.3 Å². The van der Waals surface area contributed by atoms with Crippen LogP contribution in [0.25, 0.3) is 0 Å². The molecular weight excluding hydrogens is 368 g/mol. The van der Waals surface area contributed by atoms with E-state index < -0.39 is 11.9 Å². The molecule has 0 fully saturated rings. The van der Waals surface area contributed by atoms with Crippen molar-refractivity contribution in [3.05, 3.63) is 22.2 Å². The van der Waals surface area contributed by atoms with Gasteiger partial charge >= 0.3 is 5.97 Å². The summed E-state index contributed by atoms with van der Waals surface area (Å²) in [7, 11) is 0. The molecule has 1 heterocycles. The molecule has 2 amide bonds. The Hall–Kier alpha value is -2.09. The molecule has 23 heavy (non-hydrogen) atoms. The van der Waals surface area contributed by atoms with Gasteiger partial charge in [0.2, 0.25) is 0 Å². The summed E-state index contributed by atoms with van der Waals surface area (Å²) in [5.41, 5.74) is 0.763. The number of nitrogens with one attached hydrogen (secondary N) is 1. The molecule has 0 bridgehead atoms. The molecule has 124 valence electrons. The largest absolute Gasteiger partial charge is 0.482 e. The molecule has 0 saturated heterocycles. The molecule has 8 heteroatoms. The third kappa shape index (κ3) is 3.82. The molecule has 0 radical (unpaired) electrons. The number of rotatable bonds is 5. The van der Waals surface area contributed by atoms with Crippen LogP contribution in [0.2, 0.25) is 0 Å². The third-order valence-electron chi connectivity index (χ3n) is 3.62. The van der Waals surface area contributed by atoms with Crippen molar-refractivity contribution in [3.8, 4) is 5.75 Å². The Morgan fingerprint density at radius 1 is 1.48 bits per heavy atom. The smallest absolute Gasteiger partial charge is 0.323 e. The maximum absolute atomic E-state index is 12.7. The molecule has 2 rings (SSSR count). The average Bonchev–Trinajstić information content (AvgIpc) is 2.50. The average molecular weight is 385 g/mol. The molecule has 7 nitrogen and oxygen atoms in total. The number of halogens is 1. The maximum Gasteiger partial charge on any atom is 0.323 e. The van der Waals surface area contributed by atoms with Crippen molar-refractivity contribution < 1.29 is 24.2 Å². The summed E-state index contributed by atoms with van der Waals surface area (Å²) in [6.45, 7) is 3.18.